The largest absolute Gasteiger partial charge is 0.361 e. The molecule has 0 amide bonds. The maximum atomic E-state index is 5.41. The van der Waals surface area contributed by atoms with Gasteiger partial charge in [0.2, 0.25) is 0 Å². The minimum Gasteiger partial charge on any atom is -0.361 e. The van der Waals surface area contributed by atoms with Crippen LogP contribution in [0, 0.1) is 5.92 Å². The summed E-state index contributed by atoms with van der Waals surface area (Å²) in [7, 11) is 1.82. The summed E-state index contributed by atoms with van der Waals surface area (Å²) in [6.45, 7) is 11.7. The molecule has 0 aliphatic carbocycles. The van der Waals surface area contributed by atoms with E-state index < -0.39 is 0 Å². The Kier molecular flexibility index (Phi) is 6.89. The van der Waals surface area contributed by atoms with Crippen molar-refractivity contribution < 1.29 is 4.52 Å². The molecule has 6 heteroatoms. The molecule has 2 rings (SSSR count). The van der Waals surface area contributed by atoms with Crippen molar-refractivity contribution in [3.8, 4) is 0 Å². The van der Waals surface area contributed by atoms with Crippen LogP contribution in [0.4, 0.5) is 0 Å². The Balaban J connectivity index is 1.83. The fourth-order valence-corrected chi connectivity index (χ4v) is 3.14. The van der Waals surface area contributed by atoms with E-state index in [0.717, 1.165) is 43.3 Å². The molecule has 1 aromatic rings. The monoisotopic (exact) mass is 321 g/mol. The van der Waals surface area contributed by atoms with E-state index in [1.54, 1.807) is 0 Å². The smallest absolute Gasteiger partial charge is 0.191 e. The second-order valence-electron chi connectivity index (χ2n) is 6.09. The van der Waals surface area contributed by atoms with Crippen LogP contribution in [-0.2, 0) is 19.4 Å². The molecule has 2 heterocycles. The van der Waals surface area contributed by atoms with Crippen molar-refractivity contribution in [2.45, 2.75) is 46.6 Å². The Labute approximate surface area is 139 Å². The van der Waals surface area contributed by atoms with Gasteiger partial charge in [0, 0.05) is 38.7 Å². The maximum Gasteiger partial charge on any atom is 0.191 e. The van der Waals surface area contributed by atoms with Crippen molar-refractivity contribution in [2.24, 2.45) is 10.9 Å². The first-order valence-corrected chi connectivity index (χ1v) is 8.84. The molecule has 1 aliphatic heterocycles. The standard InChI is InChI=1S/C17H31N5O/c1-5-15-14(16(6-2)23-21-15)11-20-17(18-4)19-10-13-8-9-22(7-3)12-13/h13H,5-12H2,1-4H3,(H2,18,19,20). The van der Waals surface area contributed by atoms with Crippen molar-refractivity contribution in [3.63, 3.8) is 0 Å². The lowest BCUT2D eigenvalue weighted by atomic mass is 10.1. The average molecular weight is 321 g/mol. The molecule has 1 unspecified atom stereocenters. The van der Waals surface area contributed by atoms with Crippen LogP contribution in [0.15, 0.2) is 9.52 Å². The van der Waals surface area contributed by atoms with Crippen molar-refractivity contribution in [2.75, 3.05) is 33.2 Å². The molecule has 1 aromatic heterocycles. The average Bonchev–Trinajstić information content (AvgIpc) is 3.20. The van der Waals surface area contributed by atoms with Crippen molar-refractivity contribution in [3.05, 3.63) is 17.0 Å². The first kappa shape index (κ1) is 17.8. The normalized spacial score (nSPS) is 19.3. The molecule has 0 bridgehead atoms. The highest BCUT2D eigenvalue weighted by atomic mass is 16.5. The van der Waals surface area contributed by atoms with E-state index in [0.29, 0.717) is 12.5 Å². The molecule has 0 saturated carbocycles. The van der Waals surface area contributed by atoms with Gasteiger partial charge in [-0.25, -0.2) is 0 Å². The molecule has 0 aromatic carbocycles. The van der Waals surface area contributed by atoms with Gasteiger partial charge in [-0.1, -0.05) is 25.9 Å². The summed E-state index contributed by atoms with van der Waals surface area (Å²) >= 11 is 0. The van der Waals surface area contributed by atoms with Crippen molar-refractivity contribution in [1.82, 2.24) is 20.7 Å². The molecule has 1 atom stereocenters. The van der Waals surface area contributed by atoms with Crippen LogP contribution < -0.4 is 10.6 Å². The third-order valence-corrected chi connectivity index (χ3v) is 4.64. The molecule has 0 spiro atoms. The van der Waals surface area contributed by atoms with Gasteiger partial charge in [0.25, 0.3) is 0 Å². The number of aliphatic imine (C=N–C) groups is 1. The Morgan fingerprint density at radius 1 is 1.30 bits per heavy atom. The highest BCUT2D eigenvalue weighted by Gasteiger charge is 2.21. The number of aryl methyl sites for hydroxylation is 2. The predicted octanol–water partition coefficient (Wildman–Crippen LogP) is 1.81. The van der Waals surface area contributed by atoms with Gasteiger partial charge in [0.1, 0.15) is 5.76 Å². The number of aromatic nitrogens is 1. The summed E-state index contributed by atoms with van der Waals surface area (Å²) in [6.07, 6.45) is 3.02. The molecule has 1 saturated heterocycles. The van der Waals surface area contributed by atoms with Crippen LogP contribution in [0.5, 0.6) is 0 Å². The lowest BCUT2D eigenvalue weighted by Gasteiger charge is -2.16. The summed E-state index contributed by atoms with van der Waals surface area (Å²) in [6, 6.07) is 0. The van der Waals surface area contributed by atoms with Gasteiger partial charge in [-0.15, -0.1) is 0 Å². The van der Waals surface area contributed by atoms with Crippen LogP contribution in [0.1, 0.15) is 44.2 Å². The number of nitrogens with one attached hydrogen (secondary N) is 2. The van der Waals surface area contributed by atoms with Gasteiger partial charge in [-0.3, -0.25) is 4.99 Å². The van der Waals surface area contributed by atoms with E-state index in [2.05, 4.69) is 46.5 Å². The summed E-state index contributed by atoms with van der Waals surface area (Å²) in [4.78, 5) is 6.83. The number of guanidine groups is 1. The van der Waals surface area contributed by atoms with Crippen molar-refractivity contribution in [1.29, 1.82) is 0 Å². The van der Waals surface area contributed by atoms with Crippen molar-refractivity contribution >= 4 is 5.96 Å². The second-order valence-corrected chi connectivity index (χ2v) is 6.09. The molecule has 23 heavy (non-hydrogen) atoms. The zero-order valence-corrected chi connectivity index (χ0v) is 15.0. The molecular formula is C17H31N5O. The zero-order chi connectivity index (χ0) is 16.7. The van der Waals surface area contributed by atoms with E-state index in [9.17, 15) is 0 Å². The van der Waals surface area contributed by atoms with Gasteiger partial charge in [0.05, 0.1) is 5.69 Å². The summed E-state index contributed by atoms with van der Waals surface area (Å²) < 4.78 is 5.41. The van der Waals surface area contributed by atoms with E-state index in [1.165, 1.54) is 25.1 Å². The number of hydrogen-bond donors (Lipinski definition) is 2. The third-order valence-electron chi connectivity index (χ3n) is 4.64. The molecule has 1 fully saturated rings. The van der Waals surface area contributed by atoms with Gasteiger partial charge >= 0.3 is 0 Å². The number of hydrogen-bond acceptors (Lipinski definition) is 4. The highest BCUT2D eigenvalue weighted by Crippen LogP contribution is 2.16. The SMILES string of the molecule is CCc1noc(CC)c1CNC(=NC)NCC1CCN(CC)C1. The third kappa shape index (κ3) is 4.70. The fourth-order valence-electron chi connectivity index (χ4n) is 3.14. The van der Waals surface area contributed by atoms with Gasteiger partial charge < -0.3 is 20.1 Å². The summed E-state index contributed by atoms with van der Waals surface area (Å²) in [5.41, 5.74) is 2.22. The first-order chi connectivity index (χ1) is 11.2. The van der Waals surface area contributed by atoms with Crippen LogP contribution >= 0.6 is 0 Å². The summed E-state index contributed by atoms with van der Waals surface area (Å²) in [5.74, 6) is 2.53. The Bertz CT molecular complexity index is 490. The van der Waals surface area contributed by atoms with E-state index in [-0.39, 0.29) is 0 Å². The van der Waals surface area contributed by atoms with Gasteiger partial charge in [0.15, 0.2) is 5.96 Å². The fraction of sp³-hybridized carbons (Fsp3) is 0.765. The molecular weight excluding hydrogens is 290 g/mol. The topological polar surface area (TPSA) is 65.7 Å². The van der Waals surface area contributed by atoms with Crippen LogP contribution in [0.25, 0.3) is 0 Å². The minimum absolute atomic E-state index is 0.710. The first-order valence-electron chi connectivity index (χ1n) is 8.84. The van der Waals surface area contributed by atoms with Crippen LogP contribution in [0.2, 0.25) is 0 Å². The maximum absolute atomic E-state index is 5.41. The molecule has 6 nitrogen and oxygen atoms in total. The van der Waals surface area contributed by atoms with Gasteiger partial charge in [-0.05, 0) is 31.8 Å². The molecule has 1 aliphatic rings. The van der Waals surface area contributed by atoms with Crippen LogP contribution in [-0.4, -0.2) is 49.2 Å². The quantitative estimate of drug-likeness (QED) is 0.592. The lowest BCUT2D eigenvalue weighted by molar-refractivity contribution is 0.342. The zero-order valence-electron chi connectivity index (χ0n) is 15.0. The number of nitrogens with zero attached hydrogens (tertiary/aromatic N) is 3. The second kappa shape index (κ2) is 8.91. The Hall–Kier alpha value is -1.56. The molecule has 0 radical (unpaired) electrons. The highest BCUT2D eigenvalue weighted by molar-refractivity contribution is 5.79. The van der Waals surface area contributed by atoms with E-state index in [1.807, 2.05) is 7.05 Å². The lowest BCUT2D eigenvalue weighted by Crippen LogP contribution is -2.40. The van der Waals surface area contributed by atoms with Gasteiger partial charge in [-0.2, -0.15) is 0 Å². The molecule has 130 valence electrons. The van der Waals surface area contributed by atoms with E-state index in [4.69, 9.17) is 4.52 Å². The number of likely N-dealkylation sites (tertiary alicyclic amines) is 1. The Morgan fingerprint density at radius 2 is 2.13 bits per heavy atom. The minimum atomic E-state index is 0.710. The molecule has 2 N–H and O–H groups in total. The van der Waals surface area contributed by atoms with Crippen LogP contribution in [0.3, 0.4) is 0 Å². The number of rotatable bonds is 7. The predicted molar refractivity (Wildman–Crippen MR) is 93.7 cm³/mol. The Morgan fingerprint density at radius 3 is 2.74 bits per heavy atom. The van der Waals surface area contributed by atoms with E-state index >= 15 is 0 Å². The summed E-state index contributed by atoms with van der Waals surface area (Å²) in [5, 5.41) is 11.0.